The Bertz CT molecular complexity index is 748. The lowest BCUT2D eigenvalue weighted by Crippen LogP contribution is -2.04. The summed E-state index contributed by atoms with van der Waals surface area (Å²) < 4.78 is 21.0. The second-order valence-corrected chi connectivity index (χ2v) is 5.58. The van der Waals surface area contributed by atoms with Crippen LogP contribution in [0.5, 0.6) is 0 Å². The molecule has 0 amide bonds. The van der Waals surface area contributed by atoms with Crippen LogP contribution in [-0.4, -0.2) is 35.6 Å². The number of hydrogen-bond donors (Lipinski definition) is 0. The van der Waals surface area contributed by atoms with Gasteiger partial charge >= 0.3 is 5.97 Å². The van der Waals surface area contributed by atoms with Crippen molar-refractivity contribution in [2.24, 2.45) is 4.99 Å². The quantitative estimate of drug-likeness (QED) is 0.749. The molecule has 8 nitrogen and oxygen atoms in total. The third-order valence-electron chi connectivity index (χ3n) is 3.74. The highest BCUT2D eigenvalue weighted by Crippen LogP contribution is 2.26. The smallest absolute Gasteiger partial charge is 0.360 e. The van der Waals surface area contributed by atoms with Crippen molar-refractivity contribution in [1.82, 2.24) is 9.97 Å². The van der Waals surface area contributed by atoms with E-state index < -0.39 is 12.0 Å². The summed E-state index contributed by atoms with van der Waals surface area (Å²) in [5.41, 5.74) is 0.656. The summed E-state index contributed by atoms with van der Waals surface area (Å²) in [5, 5.41) is 0. The second kappa shape index (κ2) is 6.86. The molecule has 0 bridgehead atoms. The molecule has 0 saturated heterocycles. The predicted octanol–water partition coefficient (Wildman–Crippen LogP) is 2.87. The first-order chi connectivity index (χ1) is 11.6. The summed E-state index contributed by atoms with van der Waals surface area (Å²) in [4.78, 5) is 24.3. The molecule has 0 fully saturated rings. The van der Waals surface area contributed by atoms with E-state index in [2.05, 4.69) is 33.5 Å². The summed E-state index contributed by atoms with van der Waals surface area (Å²) in [6.45, 7) is 4.46. The van der Waals surface area contributed by atoms with E-state index in [1.807, 2.05) is 0 Å². The number of carbonyl (C=O) groups excluding carboxylic acids is 1. The standard InChI is InChI=1S/C16H19N3O5/c1-4-5-9(2)13-17-10(6-22-13)14-18-11(7-23-14)15-19-12(8-24-15)16(20)21-3/h6,8-9,11H,4-5,7H2,1-3H3. The third-order valence-corrected chi connectivity index (χ3v) is 3.74. The highest BCUT2D eigenvalue weighted by atomic mass is 16.5. The maximum Gasteiger partial charge on any atom is 0.360 e. The Morgan fingerprint density at radius 3 is 2.96 bits per heavy atom. The monoisotopic (exact) mass is 333 g/mol. The van der Waals surface area contributed by atoms with Crippen molar-refractivity contribution in [2.45, 2.75) is 38.6 Å². The minimum atomic E-state index is -0.556. The van der Waals surface area contributed by atoms with Crippen molar-refractivity contribution in [3.8, 4) is 0 Å². The second-order valence-electron chi connectivity index (χ2n) is 5.58. The number of oxazole rings is 2. The van der Waals surface area contributed by atoms with Gasteiger partial charge in [-0.15, -0.1) is 0 Å². The van der Waals surface area contributed by atoms with Crippen LogP contribution in [0.15, 0.2) is 26.4 Å². The molecule has 0 aliphatic carbocycles. The first-order valence-corrected chi connectivity index (χ1v) is 7.82. The number of methoxy groups -OCH3 is 1. The van der Waals surface area contributed by atoms with E-state index in [0.717, 1.165) is 12.8 Å². The number of rotatable bonds is 6. The van der Waals surface area contributed by atoms with E-state index in [-0.39, 0.29) is 18.2 Å². The minimum Gasteiger partial charge on any atom is -0.473 e. The number of aromatic nitrogens is 2. The molecule has 0 saturated carbocycles. The number of carbonyl (C=O) groups is 1. The number of ether oxygens (including phenoxy) is 2. The summed E-state index contributed by atoms with van der Waals surface area (Å²) in [5.74, 6) is 1.05. The molecular weight excluding hydrogens is 314 g/mol. The molecule has 3 heterocycles. The highest BCUT2D eigenvalue weighted by molar-refractivity contribution is 5.93. The maximum atomic E-state index is 11.4. The van der Waals surface area contributed by atoms with Gasteiger partial charge in [-0.2, -0.15) is 0 Å². The Hall–Kier alpha value is -2.64. The summed E-state index contributed by atoms with van der Waals surface area (Å²) in [6.07, 6.45) is 4.85. The van der Waals surface area contributed by atoms with E-state index in [1.165, 1.54) is 19.6 Å². The molecule has 128 valence electrons. The van der Waals surface area contributed by atoms with Crippen LogP contribution in [0.2, 0.25) is 0 Å². The van der Waals surface area contributed by atoms with E-state index in [9.17, 15) is 4.79 Å². The van der Waals surface area contributed by atoms with E-state index in [1.54, 1.807) is 0 Å². The van der Waals surface area contributed by atoms with Crippen molar-refractivity contribution in [2.75, 3.05) is 13.7 Å². The van der Waals surface area contributed by atoms with Gasteiger partial charge in [-0.1, -0.05) is 20.3 Å². The molecular formula is C16H19N3O5. The zero-order valence-corrected chi connectivity index (χ0v) is 13.8. The lowest BCUT2D eigenvalue weighted by molar-refractivity contribution is 0.0594. The minimum absolute atomic E-state index is 0.105. The average Bonchev–Trinajstić information content (AvgIpc) is 3.32. The molecule has 2 aromatic heterocycles. The fraction of sp³-hybridized carbons (Fsp3) is 0.500. The summed E-state index contributed by atoms with van der Waals surface area (Å²) in [7, 11) is 1.29. The molecule has 2 atom stereocenters. The topological polar surface area (TPSA) is 100.0 Å². The van der Waals surface area contributed by atoms with Gasteiger partial charge in [-0.25, -0.2) is 19.8 Å². The van der Waals surface area contributed by atoms with Crippen molar-refractivity contribution in [3.63, 3.8) is 0 Å². The van der Waals surface area contributed by atoms with Crippen molar-refractivity contribution < 1.29 is 23.1 Å². The molecule has 0 radical (unpaired) electrons. The lowest BCUT2D eigenvalue weighted by Gasteiger charge is -2.03. The fourth-order valence-corrected chi connectivity index (χ4v) is 2.45. The largest absolute Gasteiger partial charge is 0.473 e. The van der Waals surface area contributed by atoms with Crippen LogP contribution in [0.25, 0.3) is 0 Å². The van der Waals surface area contributed by atoms with Gasteiger partial charge in [0.2, 0.25) is 11.8 Å². The van der Waals surface area contributed by atoms with E-state index in [0.29, 0.717) is 23.4 Å². The molecule has 1 aliphatic heterocycles. The molecule has 2 aromatic rings. The van der Waals surface area contributed by atoms with Crippen molar-refractivity contribution >= 4 is 11.9 Å². The van der Waals surface area contributed by atoms with Crippen LogP contribution in [-0.2, 0) is 9.47 Å². The van der Waals surface area contributed by atoms with Gasteiger partial charge in [0.25, 0.3) is 0 Å². The molecule has 0 N–H and O–H groups in total. The molecule has 3 rings (SSSR count). The van der Waals surface area contributed by atoms with Gasteiger partial charge in [-0.3, -0.25) is 0 Å². The van der Waals surface area contributed by atoms with Crippen LogP contribution < -0.4 is 0 Å². The summed E-state index contributed by atoms with van der Waals surface area (Å²) >= 11 is 0. The Kier molecular flexibility index (Phi) is 4.64. The highest BCUT2D eigenvalue weighted by Gasteiger charge is 2.29. The maximum absolute atomic E-state index is 11.4. The molecule has 2 unspecified atom stereocenters. The molecule has 1 aliphatic rings. The zero-order chi connectivity index (χ0) is 17.1. The van der Waals surface area contributed by atoms with Crippen molar-refractivity contribution in [3.05, 3.63) is 35.7 Å². The average molecular weight is 333 g/mol. The summed E-state index contributed by atoms with van der Waals surface area (Å²) in [6, 6.07) is -0.424. The van der Waals surface area contributed by atoms with Gasteiger partial charge in [0.05, 0.1) is 7.11 Å². The fourth-order valence-electron chi connectivity index (χ4n) is 2.45. The van der Waals surface area contributed by atoms with E-state index >= 15 is 0 Å². The van der Waals surface area contributed by atoms with E-state index in [4.69, 9.17) is 13.6 Å². The van der Waals surface area contributed by atoms with Crippen molar-refractivity contribution in [1.29, 1.82) is 0 Å². The van der Waals surface area contributed by atoms with Gasteiger partial charge in [0.1, 0.15) is 19.1 Å². The van der Waals surface area contributed by atoms with Gasteiger partial charge in [0.15, 0.2) is 23.3 Å². The molecule has 0 aromatic carbocycles. The predicted molar refractivity (Wildman–Crippen MR) is 82.9 cm³/mol. The number of esters is 1. The molecule has 8 heteroatoms. The van der Waals surface area contributed by atoms with Crippen LogP contribution in [0.3, 0.4) is 0 Å². The zero-order valence-electron chi connectivity index (χ0n) is 13.8. The first-order valence-electron chi connectivity index (χ1n) is 7.82. The van der Waals surface area contributed by atoms with Crippen LogP contribution in [0, 0.1) is 0 Å². The van der Waals surface area contributed by atoms with Gasteiger partial charge in [0, 0.05) is 5.92 Å². The number of hydrogen-bond acceptors (Lipinski definition) is 8. The SMILES string of the molecule is CCCC(C)c1nc(C2=NC(c3nc(C(=O)OC)co3)CO2)co1. The van der Waals surface area contributed by atoms with Crippen LogP contribution in [0.4, 0.5) is 0 Å². The molecule has 0 spiro atoms. The Labute approximate surface area is 138 Å². The third kappa shape index (κ3) is 3.17. The Morgan fingerprint density at radius 2 is 2.21 bits per heavy atom. The van der Waals surface area contributed by atoms with Gasteiger partial charge in [-0.05, 0) is 6.42 Å². The van der Waals surface area contributed by atoms with Gasteiger partial charge < -0.3 is 18.3 Å². The normalized spacial score (nSPS) is 18.1. The van der Waals surface area contributed by atoms with Crippen LogP contribution in [0.1, 0.15) is 66.6 Å². The Morgan fingerprint density at radius 1 is 1.38 bits per heavy atom. The number of aliphatic imine (C=N–C) groups is 1. The van der Waals surface area contributed by atoms with Crippen LogP contribution >= 0.6 is 0 Å². The number of nitrogens with zero attached hydrogens (tertiary/aromatic N) is 3. The Balaban J connectivity index is 1.74. The first kappa shape index (κ1) is 16.2. The lowest BCUT2D eigenvalue weighted by atomic mass is 10.1. The molecule has 24 heavy (non-hydrogen) atoms.